The number of hydrogen-bond donors (Lipinski definition) is 1. The molecule has 0 heterocycles. The smallest absolute Gasteiger partial charge is 0.200 e. The Balaban J connectivity index is 2.29. The van der Waals surface area contributed by atoms with Gasteiger partial charge in [0.25, 0.3) is 10.0 Å². The standard InChI is InChI=1S/C16H17BrN2O2S/c1-11-7-8-12(2)16(9-11)22(20,21)19-18-13(3)14-5-4-6-15(17)10-14/h4-10,19H,1-3H3/b18-13-. The zero-order valence-electron chi connectivity index (χ0n) is 12.6. The molecule has 2 aromatic carbocycles. The SMILES string of the molecule is C/C(=N/NS(=O)(=O)c1cc(C)ccc1C)c1cccc(Br)c1. The second kappa shape index (κ2) is 6.62. The Labute approximate surface area is 139 Å². The van der Waals surface area contributed by atoms with E-state index in [1.54, 1.807) is 26.0 Å². The van der Waals surface area contributed by atoms with Crippen LogP contribution in [0.4, 0.5) is 0 Å². The fourth-order valence-corrected chi connectivity index (χ4v) is 3.54. The van der Waals surface area contributed by atoms with E-state index in [2.05, 4.69) is 25.9 Å². The predicted octanol–water partition coefficient (Wildman–Crippen LogP) is 3.77. The lowest BCUT2D eigenvalue weighted by molar-refractivity contribution is 0.583. The maximum absolute atomic E-state index is 12.4. The first-order chi connectivity index (χ1) is 10.3. The zero-order chi connectivity index (χ0) is 16.3. The molecule has 116 valence electrons. The highest BCUT2D eigenvalue weighted by Gasteiger charge is 2.16. The van der Waals surface area contributed by atoms with Crippen molar-refractivity contribution in [1.29, 1.82) is 0 Å². The molecule has 0 bridgehead atoms. The highest BCUT2D eigenvalue weighted by molar-refractivity contribution is 9.10. The van der Waals surface area contributed by atoms with Crippen LogP contribution in [0.3, 0.4) is 0 Å². The second-order valence-corrected chi connectivity index (χ2v) is 7.62. The quantitative estimate of drug-likeness (QED) is 0.648. The topological polar surface area (TPSA) is 58.5 Å². The minimum absolute atomic E-state index is 0.248. The Morgan fingerprint density at radius 2 is 1.86 bits per heavy atom. The van der Waals surface area contributed by atoms with Crippen molar-refractivity contribution in [3.05, 3.63) is 63.6 Å². The zero-order valence-corrected chi connectivity index (χ0v) is 15.0. The molecular weight excluding hydrogens is 364 g/mol. The van der Waals surface area contributed by atoms with Gasteiger partial charge in [0.05, 0.1) is 10.6 Å². The molecular formula is C16H17BrN2O2S. The first kappa shape index (κ1) is 16.7. The van der Waals surface area contributed by atoms with Crippen LogP contribution in [0, 0.1) is 13.8 Å². The number of nitrogens with one attached hydrogen (secondary N) is 1. The van der Waals surface area contributed by atoms with Crippen molar-refractivity contribution in [2.24, 2.45) is 5.10 Å². The van der Waals surface area contributed by atoms with Gasteiger partial charge in [-0.25, -0.2) is 0 Å². The van der Waals surface area contributed by atoms with Gasteiger partial charge in [0, 0.05) is 4.47 Å². The van der Waals surface area contributed by atoms with Crippen LogP contribution in [0.5, 0.6) is 0 Å². The lowest BCUT2D eigenvalue weighted by Crippen LogP contribution is -2.21. The molecule has 22 heavy (non-hydrogen) atoms. The molecule has 0 saturated heterocycles. The van der Waals surface area contributed by atoms with Crippen LogP contribution < -0.4 is 4.83 Å². The van der Waals surface area contributed by atoms with Crippen LogP contribution in [-0.2, 0) is 10.0 Å². The van der Waals surface area contributed by atoms with Crippen molar-refractivity contribution < 1.29 is 8.42 Å². The van der Waals surface area contributed by atoms with Crippen molar-refractivity contribution >= 4 is 31.7 Å². The van der Waals surface area contributed by atoms with E-state index >= 15 is 0 Å². The molecule has 6 heteroatoms. The molecule has 0 amide bonds. The molecule has 0 unspecified atom stereocenters. The molecule has 0 aliphatic carbocycles. The molecule has 0 radical (unpaired) electrons. The Morgan fingerprint density at radius 1 is 1.14 bits per heavy atom. The largest absolute Gasteiger partial charge is 0.276 e. The monoisotopic (exact) mass is 380 g/mol. The van der Waals surface area contributed by atoms with Crippen molar-refractivity contribution in [2.45, 2.75) is 25.7 Å². The third-order valence-electron chi connectivity index (χ3n) is 3.21. The van der Waals surface area contributed by atoms with Gasteiger partial charge in [-0.1, -0.05) is 40.2 Å². The van der Waals surface area contributed by atoms with Crippen LogP contribution >= 0.6 is 15.9 Å². The summed E-state index contributed by atoms with van der Waals surface area (Å²) in [6, 6.07) is 12.8. The Kier molecular flexibility index (Phi) is 5.03. The number of hydrazone groups is 1. The average molecular weight is 381 g/mol. The van der Waals surface area contributed by atoms with E-state index in [4.69, 9.17) is 0 Å². The lowest BCUT2D eigenvalue weighted by Gasteiger charge is -2.09. The molecule has 0 saturated carbocycles. The van der Waals surface area contributed by atoms with Gasteiger partial charge in [0.2, 0.25) is 0 Å². The molecule has 4 nitrogen and oxygen atoms in total. The predicted molar refractivity (Wildman–Crippen MR) is 92.6 cm³/mol. The van der Waals surface area contributed by atoms with E-state index < -0.39 is 10.0 Å². The highest BCUT2D eigenvalue weighted by Crippen LogP contribution is 2.17. The van der Waals surface area contributed by atoms with Crippen molar-refractivity contribution in [2.75, 3.05) is 0 Å². The molecule has 0 aromatic heterocycles. The number of nitrogens with zero attached hydrogens (tertiary/aromatic N) is 1. The first-order valence-electron chi connectivity index (χ1n) is 6.69. The summed E-state index contributed by atoms with van der Waals surface area (Å²) in [6.07, 6.45) is 0. The minimum Gasteiger partial charge on any atom is -0.200 e. The molecule has 0 atom stereocenters. The fraction of sp³-hybridized carbons (Fsp3) is 0.188. The van der Waals surface area contributed by atoms with E-state index in [1.807, 2.05) is 37.3 Å². The van der Waals surface area contributed by atoms with Gasteiger partial charge in [-0.05, 0) is 55.7 Å². The normalized spacial score (nSPS) is 12.3. The number of rotatable bonds is 4. The third-order valence-corrected chi connectivity index (χ3v) is 5.05. The molecule has 1 N–H and O–H groups in total. The van der Waals surface area contributed by atoms with E-state index in [0.717, 1.165) is 15.6 Å². The van der Waals surface area contributed by atoms with Gasteiger partial charge >= 0.3 is 0 Å². The van der Waals surface area contributed by atoms with Crippen molar-refractivity contribution in [3.63, 3.8) is 0 Å². The summed E-state index contributed by atoms with van der Waals surface area (Å²) in [5.74, 6) is 0. The van der Waals surface area contributed by atoms with Crippen LogP contribution in [0.15, 0.2) is 56.9 Å². The van der Waals surface area contributed by atoms with Gasteiger partial charge in [-0.2, -0.15) is 18.4 Å². The number of aryl methyl sites for hydroxylation is 2. The summed E-state index contributed by atoms with van der Waals surface area (Å²) in [4.78, 5) is 2.55. The minimum atomic E-state index is -3.68. The fourth-order valence-electron chi connectivity index (χ4n) is 1.95. The average Bonchev–Trinajstić information content (AvgIpc) is 2.47. The number of benzene rings is 2. The third kappa shape index (κ3) is 3.96. The summed E-state index contributed by atoms with van der Waals surface area (Å²) < 4.78 is 25.7. The molecule has 0 spiro atoms. The van der Waals surface area contributed by atoms with Gasteiger partial charge in [0.1, 0.15) is 0 Å². The highest BCUT2D eigenvalue weighted by atomic mass is 79.9. The van der Waals surface area contributed by atoms with Crippen LogP contribution in [-0.4, -0.2) is 14.1 Å². The van der Waals surface area contributed by atoms with Crippen molar-refractivity contribution in [3.8, 4) is 0 Å². The maximum Gasteiger partial charge on any atom is 0.276 e. The maximum atomic E-state index is 12.4. The van der Waals surface area contributed by atoms with Crippen LogP contribution in [0.25, 0.3) is 0 Å². The Bertz CT molecular complexity index is 830. The summed E-state index contributed by atoms with van der Waals surface area (Å²) in [6.45, 7) is 5.38. The van der Waals surface area contributed by atoms with Crippen molar-refractivity contribution in [1.82, 2.24) is 4.83 Å². The summed E-state index contributed by atoms with van der Waals surface area (Å²) in [7, 11) is -3.68. The summed E-state index contributed by atoms with van der Waals surface area (Å²) in [5.41, 5.74) is 3.01. The van der Waals surface area contributed by atoms with E-state index in [9.17, 15) is 8.42 Å². The molecule has 2 aromatic rings. The first-order valence-corrected chi connectivity index (χ1v) is 8.96. The van der Waals surface area contributed by atoms with Gasteiger partial charge in [-0.3, -0.25) is 0 Å². The molecule has 0 aliphatic rings. The molecule has 0 fully saturated rings. The number of halogens is 1. The Morgan fingerprint density at radius 3 is 2.55 bits per heavy atom. The summed E-state index contributed by atoms with van der Waals surface area (Å²) >= 11 is 3.38. The van der Waals surface area contributed by atoms with Gasteiger partial charge in [0.15, 0.2) is 0 Å². The van der Waals surface area contributed by atoms with Gasteiger partial charge in [-0.15, -0.1) is 0 Å². The lowest BCUT2D eigenvalue weighted by atomic mass is 10.1. The van der Waals surface area contributed by atoms with E-state index in [0.29, 0.717) is 11.3 Å². The van der Waals surface area contributed by atoms with Crippen LogP contribution in [0.2, 0.25) is 0 Å². The van der Waals surface area contributed by atoms with Gasteiger partial charge < -0.3 is 0 Å². The Hall–Kier alpha value is -1.66. The van der Waals surface area contributed by atoms with Crippen LogP contribution in [0.1, 0.15) is 23.6 Å². The number of sulfonamides is 1. The second-order valence-electron chi connectivity index (χ2n) is 5.07. The van der Waals surface area contributed by atoms with E-state index in [1.165, 1.54) is 0 Å². The summed E-state index contributed by atoms with van der Waals surface area (Å²) in [5, 5.41) is 4.01. The molecule has 0 aliphatic heterocycles. The van der Waals surface area contributed by atoms with E-state index in [-0.39, 0.29) is 4.90 Å². The molecule has 2 rings (SSSR count). The number of hydrogen-bond acceptors (Lipinski definition) is 3.